The minimum Gasteiger partial charge on any atom is -0.481 e. The van der Waals surface area contributed by atoms with Gasteiger partial charge >= 0.3 is 5.97 Å². The van der Waals surface area contributed by atoms with Gasteiger partial charge in [0.2, 0.25) is 0 Å². The van der Waals surface area contributed by atoms with Gasteiger partial charge in [0.1, 0.15) is 5.41 Å². The zero-order chi connectivity index (χ0) is 10.5. The summed E-state index contributed by atoms with van der Waals surface area (Å²) in [5.41, 5.74) is 2.33. The number of carbonyl (C=O) groups is 1. The number of carboxylic acid groups (broad SMARTS) is 1. The molecule has 1 aromatic heterocycles. The lowest BCUT2D eigenvalue weighted by Crippen LogP contribution is -2.42. The largest absolute Gasteiger partial charge is 0.481 e. The first-order valence-corrected chi connectivity index (χ1v) is 6.29. The monoisotopic (exact) mass is 223 g/mol. The van der Waals surface area contributed by atoms with Gasteiger partial charge in [0.25, 0.3) is 0 Å². The van der Waals surface area contributed by atoms with Gasteiger partial charge in [-0.15, -0.1) is 11.3 Å². The van der Waals surface area contributed by atoms with Crippen molar-refractivity contribution in [1.29, 1.82) is 0 Å². The molecule has 0 unspecified atom stereocenters. The molecule has 3 rings (SSSR count). The lowest BCUT2D eigenvalue weighted by atomic mass is 9.67. The van der Waals surface area contributed by atoms with E-state index in [2.05, 4.69) is 4.98 Å². The Labute approximate surface area is 92.2 Å². The van der Waals surface area contributed by atoms with Crippen molar-refractivity contribution in [2.75, 3.05) is 0 Å². The zero-order valence-corrected chi connectivity index (χ0v) is 9.22. The summed E-state index contributed by atoms with van der Waals surface area (Å²) in [5.74, 6) is -0.0945. The van der Waals surface area contributed by atoms with Crippen LogP contribution in [0.3, 0.4) is 0 Å². The van der Waals surface area contributed by atoms with Gasteiger partial charge < -0.3 is 5.11 Å². The van der Waals surface area contributed by atoms with Crippen LogP contribution in [0.25, 0.3) is 0 Å². The average molecular weight is 223 g/mol. The summed E-state index contributed by atoms with van der Waals surface area (Å²) in [6, 6.07) is 0. The average Bonchev–Trinajstić information content (AvgIpc) is 2.85. The fourth-order valence-electron chi connectivity index (χ4n) is 2.33. The zero-order valence-electron chi connectivity index (χ0n) is 8.40. The molecule has 80 valence electrons. The summed E-state index contributed by atoms with van der Waals surface area (Å²) in [5, 5.41) is 9.36. The molecule has 2 aliphatic rings. The number of aliphatic carboxylic acids is 1. The van der Waals surface area contributed by atoms with Crippen LogP contribution >= 0.6 is 11.3 Å². The van der Waals surface area contributed by atoms with E-state index in [1.807, 2.05) is 5.51 Å². The van der Waals surface area contributed by atoms with E-state index in [1.54, 1.807) is 0 Å². The van der Waals surface area contributed by atoms with Crippen LogP contribution in [0, 0.1) is 0 Å². The number of aromatic nitrogens is 1. The summed E-state index contributed by atoms with van der Waals surface area (Å²) in [6.07, 6.45) is 5.00. The third-order valence-electron chi connectivity index (χ3n) is 3.61. The highest BCUT2D eigenvalue weighted by atomic mass is 32.1. The van der Waals surface area contributed by atoms with Crippen molar-refractivity contribution in [2.45, 2.75) is 43.4 Å². The lowest BCUT2D eigenvalue weighted by Gasteiger charge is -2.37. The molecule has 0 bridgehead atoms. The predicted octanol–water partition coefficient (Wildman–Crippen LogP) is 2.53. The van der Waals surface area contributed by atoms with Gasteiger partial charge in [-0.1, -0.05) is 6.42 Å². The van der Waals surface area contributed by atoms with Crippen LogP contribution in [-0.4, -0.2) is 16.1 Å². The van der Waals surface area contributed by atoms with Crippen LogP contribution in [0.1, 0.15) is 48.6 Å². The minimum atomic E-state index is -0.653. The number of rotatable bonds is 3. The van der Waals surface area contributed by atoms with Crippen LogP contribution in [-0.2, 0) is 10.2 Å². The first-order chi connectivity index (χ1) is 7.24. The molecule has 1 heterocycles. The molecule has 2 fully saturated rings. The molecule has 0 atom stereocenters. The molecular formula is C11H13NO2S. The van der Waals surface area contributed by atoms with Gasteiger partial charge in [-0.3, -0.25) is 4.79 Å². The van der Waals surface area contributed by atoms with E-state index < -0.39 is 11.4 Å². The Morgan fingerprint density at radius 1 is 1.53 bits per heavy atom. The third kappa shape index (κ3) is 1.24. The fraction of sp³-hybridized carbons (Fsp3) is 0.636. The van der Waals surface area contributed by atoms with E-state index in [1.165, 1.54) is 24.2 Å². The number of nitrogens with zero attached hydrogens (tertiary/aromatic N) is 1. The third-order valence-corrected chi connectivity index (χ3v) is 4.66. The SMILES string of the molecule is O=C(O)C1(c2scnc2C2CC2)CCC1. The number of thiazole rings is 1. The molecule has 0 spiro atoms. The van der Waals surface area contributed by atoms with Gasteiger partial charge in [-0.25, -0.2) is 4.98 Å². The van der Waals surface area contributed by atoms with E-state index in [4.69, 9.17) is 0 Å². The number of hydrogen-bond donors (Lipinski definition) is 1. The van der Waals surface area contributed by atoms with Gasteiger partial charge in [-0.2, -0.15) is 0 Å². The topological polar surface area (TPSA) is 50.2 Å². The van der Waals surface area contributed by atoms with Crippen molar-refractivity contribution >= 4 is 17.3 Å². The molecule has 2 aliphatic carbocycles. The standard InChI is InChI=1S/C11H13NO2S/c13-10(14)11(4-1-5-11)9-8(7-2-3-7)12-6-15-9/h6-7H,1-5H2,(H,13,14). The molecule has 15 heavy (non-hydrogen) atoms. The van der Waals surface area contributed by atoms with Gasteiger partial charge in [0.05, 0.1) is 11.2 Å². The Balaban J connectivity index is 2.02. The molecule has 1 N–H and O–H groups in total. The minimum absolute atomic E-state index is 0.558. The second-order valence-electron chi connectivity index (χ2n) is 4.58. The number of hydrogen-bond acceptors (Lipinski definition) is 3. The van der Waals surface area contributed by atoms with Crippen LogP contribution in [0.4, 0.5) is 0 Å². The van der Waals surface area contributed by atoms with Gasteiger partial charge in [0.15, 0.2) is 0 Å². The highest BCUT2D eigenvalue weighted by Crippen LogP contribution is 2.51. The molecule has 0 aromatic carbocycles. The van der Waals surface area contributed by atoms with Crippen LogP contribution in [0.15, 0.2) is 5.51 Å². The smallest absolute Gasteiger partial charge is 0.315 e. The first-order valence-electron chi connectivity index (χ1n) is 5.41. The maximum absolute atomic E-state index is 11.4. The number of carboxylic acids is 1. The summed E-state index contributed by atoms with van der Waals surface area (Å²) < 4.78 is 0. The van der Waals surface area contributed by atoms with Crippen molar-refractivity contribution in [3.05, 3.63) is 16.1 Å². The van der Waals surface area contributed by atoms with Crippen molar-refractivity contribution in [2.24, 2.45) is 0 Å². The molecule has 2 saturated carbocycles. The molecule has 1 aromatic rings. The van der Waals surface area contributed by atoms with Crippen molar-refractivity contribution in [1.82, 2.24) is 4.98 Å². The van der Waals surface area contributed by atoms with E-state index in [-0.39, 0.29) is 0 Å². The molecule has 0 amide bonds. The quantitative estimate of drug-likeness (QED) is 0.856. The molecule has 3 nitrogen and oxygen atoms in total. The molecular weight excluding hydrogens is 210 g/mol. The summed E-state index contributed by atoms with van der Waals surface area (Å²) in [6.45, 7) is 0. The maximum atomic E-state index is 11.4. The van der Waals surface area contributed by atoms with Crippen LogP contribution in [0.5, 0.6) is 0 Å². The predicted molar refractivity (Wildman–Crippen MR) is 57.3 cm³/mol. The summed E-state index contributed by atoms with van der Waals surface area (Å²) in [7, 11) is 0. The fourth-order valence-corrected chi connectivity index (χ4v) is 3.46. The maximum Gasteiger partial charge on any atom is 0.315 e. The lowest BCUT2D eigenvalue weighted by molar-refractivity contribution is -0.147. The second kappa shape index (κ2) is 3.04. The molecule has 0 radical (unpaired) electrons. The highest BCUT2D eigenvalue weighted by molar-refractivity contribution is 7.10. The molecule has 0 saturated heterocycles. The summed E-state index contributed by atoms with van der Waals surface area (Å²) >= 11 is 1.54. The Morgan fingerprint density at radius 3 is 2.73 bits per heavy atom. The van der Waals surface area contributed by atoms with Gasteiger partial charge in [-0.05, 0) is 25.7 Å². The highest BCUT2D eigenvalue weighted by Gasteiger charge is 2.50. The summed E-state index contributed by atoms with van der Waals surface area (Å²) in [4.78, 5) is 16.8. The van der Waals surface area contributed by atoms with E-state index in [0.29, 0.717) is 5.92 Å². The molecule has 4 heteroatoms. The van der Waals surface area contributed by atoms with E-state index >= 15 is 0 Å². The Morgan fingerprint density at radius 2 is 2.27 bits per heavy atom. The van der Waals surface area contributed by atoms with Crippen molar-refractivity contribution in [3.63, 3.8) is 0 Å². The Hall–Kier alpha value is -0.900. The van der Waals surface area contributed by atoms with Crippen LogP contribution < -0.4 is 0 Å². The Kier molecular flexibility index (Phi) is 1.89. The van der Waals surface area contributed by atoms with Gasteiger partial charge in [0, 0.05) is 10.8 Å². The molecule has 0 aliphatic heterocycles. The Bertz CT molecular complexity index is 404. The van der Waals surface area contributed by atoms with Crippen LogP contribution in [0.2, 0.25) is 0 Å². The van der Waals surface area contributed by atoms with E-state index in [0.717, 1.165) is 29.8 Å². The van der Waals surface area contributed by atoms with Crippen molar-refractivity contribution in [3.8, 4) is 0 Å². The second-order valence-corrected chi connectivity index (χ2v) is 5.44. The first kappa shape index (κ1) is 9.33. The van der Waals surface area contributed by atoms with E-state index in [9.17, 15) is 9.90 Å². The van der Waals surface area contributed by atoms with Crippen molar-refractivity contribution < 1.29 is 9.90 Å². The normalized spacial score (nSPS) is 23.5.